The molecule has 3 aromatic carbocycles. The summed E-state index contributed by atoms with van der Waals surface area (Å²) < 4.78 is 32.6. The van der Waals surface area contributed by atoms with Crippen LogP contribution in [0.3, 0.4) is 0 Å². The van der Waals surface area contributed by atoms with Gasteiger partial charge < -0.3 is 5.32 Å². The highest BCUT2D eigenvalue weighted by Gasteiger charge is 2.21. The minimum Gasteiger partial charge on any atom is -0.326 e. The van der Waals surface area contributed by atoms with Crippen molar-refractivity contribution in [3.63, 3.8) is 0 Å². The molecule has 0 saturated heterocycles. The Morgan fingerprint density at radius 3 is 2.32 bits per heavy atom. The van der Waals surface area contributed by atoms with Gasteiger partial charge in [0.25, 0.3) is 0 Å². The van der Waals surface area contributed by atoms with E-state index in [2.05, 4.69) is 10.0 Å². The lowest BCUT2D eigenvalue weighted by Gasteiger charge is -2.13. The van der Waals surface area contributed by atoms with Crippen LogP contribution in [-0.2, 0) is 28.9 Å². The van der Waals surface area contributed by atoms with Crippen molar-refractivity contribution >= 4 is 43.7 Å². The Bertz CT molecular complexity index is 1900. The fourth-order valence-corrected chi connectivity index (χ4v) is 5.36. The number of benzene rings is 3. The summed E-state index contributed by atoms with van der Waals surface area (Å²) >= 11 is 0. The number of nitrogens with zero attached hydrogens (tertiary/aromatic N) is 4. The zero-order chi connectivity index (χ0) is 26.6. The number of amides is 1. The normalized spacial score (nSPS) is 11.9. The highest BCUT2D eigenvalue weighted by Crippen LogP contribution is 2.33. The van der Waals surface area contributed by atoms with Gasteiger partial charge >= 0.3 is 5.69 Å². The van der Waals surface area contributed by atoms with Crippen LogP contribution in [0.1, 0.15) is 12.5 Å². The van der Waals surface area contributed by atoms with Crippen molar-refractivity contribution in [2.24, 2.45) is 14.1 Å². The van der Waals surface area contributed by atoms with E-state index in [0.717, 1.165) is 27.8 Å². The first-order valence-electron chi connectivity index (χ1n) is 11.5. The number of carbonyl (C=O) groups excluding carboxylic acids is 1. The molecule has 0 spiro atoms. The molecule has 0 fully saturated rings. The van der Waals surface area contributed by atoms with Crippen LogP contribution >= 0.6 is 0 Å². The highest BCUT2D eigenvalue weighted by molar-refractivity contribution is 7.89. The van der Waals surface area contributed by atoms with Crippen LogP contribution in [0.4, 0.5) is 5.69 Å². The van der Waals surface area contributed by atoms with Crippen molar-refractivity contribution in [2.75, 3.05) is 12.4 Å². The maximum atomic E-state index is 12.6. The van der Waals surface area contributed by atoms with E-state index in [-0.39, 0.29) is 16.5 Å². The minimum atomic E-state index is -3.69. The second kappa shape index (κ2) is 8.71. The molecule has 190 valence electrons. The number of rotatable bonds is 5. The van der Waals surface area contributed by atoms with Gasteiger partial charge in [-0.25, -0.2) is 22.9 Å². The maximum Gasteiger partial charge on any atom is 0.328 e. The topological polar surface area (TPSA) is 120 Å². The molecule has 2 heterocycles. The Kier molecular flexibility index (Phi) is 5.76. The van der Waals surface area contributed by atoms with Gasteiger partial charge in [-0.2, -0.15) is 0 Å². The number of hydrogen-bond donors (Lipinski definition) is 2. The van der Waals surface area contributed by atoms with Crippen molar-refractivity contribution in [3.8, 4) is 17.1 Å². The summed E-state index contributed by atoms with van der Waals surface area (Å²) in [6, 6.07) is 16.0. The van der Waals surface area contributed by atoms with Crippen LogP contribution in [0, 0.1) is 6.92 Å². The molecule has 0 saturated carbocycles. The maximum absolute atomic E-state index is 12.6. The van der Waals surface area contributed by atoms with E-state index in [1.807, 2.05) is 41.8 Å². The number of hydrogen-bond acceptors (Lipinski definition) is 5. The predicted molar refractivity (Wildman–Crippen MR) is 144 cm³/mol. The quantitative estimate of drug-likeness (QED) is 0.371. The Labute approximate surface area is 213 Å². The second-order valence-electron chi connectivity index (χ2n) is 8.91. The highest BCUT2D eigenvalue weighted by atomic mass is 32.2. The number of aromatic nitrogens is 4. The van der Waals surface area contributed by atoms with Gasteiger partial charge in [0.15, 0.2) is 0 Å². The van der Waals surface area contributed by atoms with E-state index in [4.69, 9.17) is 4.98 Å². The molecule has 2 N–H and O–H groups in total. The third kappa shape index (κ3) is 4.02. The predicted octanol–water partition coefficient (Wildman–Crippen LogP) is 3.06. The van der Waals surface area contributed by atoms with Crippen LogP contribution in [0.5, 0.6) is 0 Å². The Morgan fingerprint density at radius 1 is 0.919 bits per heavy atom. The van der Waals surface area contributed by atoms with E-state index in [9.17, 15) is 18.0 Å². The minimum absolute atomic E-state index is 0.112. The fraction of sp³-hybridized carbons (Fsp3) is 0.192. The largest absolute Gasteiger partial charge is 0.328 e. The van der Waals surface area contributed by atoms with Gasteiger partial charge in [-0.3, -0.25) is 18.5 Å². The summed E-state index contributed by atoms with van der Waals surface area (Å²) in [5.41, 5.74) is 5.63. The first kappa shape index (κ1) is 24.5. The summed E-state index contributed by atoms with van der Waals surface area (Å²) in [6.45, 7) is 3.37. The van der Waals surface area contributed by atoms with Gasteiger partial charge in [-0.15, -0.1) is 0 Å². The lowest BCUT2D eigenvalue weighted by atomic mass is 10.1. The van der Waals surface area contributed by atoms with Crippen LogP contribution in [0.2, 0.25) is 0 Å². The number of carbonyl (C=O) groups is 1. The Morgan fingerprint density at radius 2 is 1.65 bits per heavy atom. The van der Waals surface area contributed by atoms with Crippen LogP contribution in [-0.4, -0.2) is 40.1 Å². The van der Waals surface area contributed by atoms with Gasteiger partial charge in [-0.05, 0) is 74.1 Å². The molecule has 10 nitrogen and oxygen atoms in total. The van der Waals surface area contributed by atoms with Gasteiger partial charge in [0, 0.05) is 38.0 Å². The molecular weight excluding hydrogens is 492 g/mol. The lowest BCUT2D eigenvalue weighted by Crippen LogP contribution is -2.19. The molecule has 5 rings (SSSR count). The monoisotopic (exact) mass is 518 g/mol. The van der Waals surface area contributed by atoms with E-state index < -0.39 is 10.0 Å². The molecule has 0 bridgehead atoms. The number of aryl methyl sites for hydroxylation is 3. The summed E-state index contributed by atoms with van der Waals surface area (Å²) in [7, 11) is 1.11. The Hall–Kier alpha value is -4.22. The fourth-order valence-electron chi connectivity index (χ4n) is 4.61. The Balaban J connectivity index is 1.83. The SMILES string of the molecule is CNS(=O)(=O)c1ccc2nc(-c3ccc(NC(C)=O)cc3C)n(-c3ccc4c(c3)n(C)c(=O)n4C)c2c1. The molecular formula is C26H26N6O4S. The van der Waals surface area contributed by atoms with E-state index >= 15 is 0 Å². The number of anilines is 1. The van der Waals surface area contributed by atoms with Gasteiger partial charge in [0.2, 0.25) is 15.9 Å². The van der Waals surface area contributed by atoms with E-state index in [0.29, 0.717) is 22.5 Å². The molecule has 2 aromatic heterocycles. The standard InChI is InChI=1S/C26H26N6O4S/c1-15-12-17(28-16(2)33)6-9-20(15)25-29-21-10-8-19(37(35,36)27-3)14-23(21)32(25)18-7-11-22-24(13-18)31(5)26(34)30(22)4/h6-14,27H,1-5H3,(H,28,33). The second-order valence-corrected chi connectivity index (χ2v) is 10.8. The lowest BCUT2D eigenvalue weighted by molar-refractivity contribution is -0.114. The summed E-state index contributed by atoms with van der Waals surface area (Å²) in [5, 5.41) is 2.79. The van der Waals surface area contributed by atoms with Crippen LogP contribution in [0.25, 0.3) is 39.1 Å². The molecule has 11 heteroatoms. The molecule has 0 aliphatic heterocycles. The average Bonchev–Trinajstić information content (AvgIpc) is 3.34. The third-order valence-corrected chi connectivity index (χ3v) is 7.92. The van der Waals surface area contributed by atoms with Crippen molar-refractivity contribution in [3.05, 3.63) is 70.6 Å². The zero-order valence-electron chi connectivity index (χ0n) is 21.0. The van der Waals surface area contributed by atoms with Crippen molar-refractivity contribution < 1.29 is 13.2 Å². The summed E-state index contributed by atoms with van der Waals surface area (Å²) in [5.74, 6) is 0.431. The molecule has 0 atom stereocenters. The van der Waals surface area contributed by atoms with Crippen molar-refractivity contribution in [1.29, 1.82) is 0 Å². The molecule has 0 unspecified atom stereocenters. The third-order valence-electron chi connectivity index (χ3n) is 6.51. The van der Waals surface area contributed by atoms with E-state index in [1.165, 1.54) is 20.0 Å². The van der Waals surface area contributed by atoms with Crippen LogP contribution in [0.15, 0.2) is 64.3 Å². The summed E-state index contributed by atoms with van der Waals surface area (Å²) in [4.78, 5) is 29.0. The molecule has 1 amide bonds. The number of nitrogens with one attached hydrogen (secondary N) is 2. The zero-order valence-corrected chi connectivity index (χ0v) is 21.8. The number of sulfonamides is 1. The first-order chi connectivity index (χ1) is 17.5. The van der Waals surface area contributed by atoms with Crippen LogP contribution < -0.4 is 15.7 Å². The van der Waals surface area contributed by atoms with E-state index in [1.54, 1.807) is 41.4 Å². The average molecular weight is 519 g/mol. The van der Waals surface area contributed by atoms with Gasteiger partial charge in [-0.1, -0.05) is 0 Å². The molecule has 0 radical (unpaired) electrons. The summed E-state index contributed by atoms with van der Waals surface area (Å²) in [6.07, 6.45) is 0. The van der Waals surface area contributed by atoms with Gasteiger partial charge in [0.1, 0.15) is 5.82 Å². The molecule has 37 heavy (non-hydrogen) atoms. The van der Waals surface area contributed by atoms with Crippen molar-refractivity contribution in [1.82, 2.24) is 23.4 Å². The number of fused-ring (bicyclic) bond motifs is 2. The first-order valence-corrected chi connectivity index (χ1v) is 13.0. The molecule has 0 aliphatic carbocycles. The van der Waals surface area contributed by atoms with Gasteiger partial charge in [0.05, 0.1) is 27.0 Å². The number of imidazole rings is 2. The van der Waals surface area contributed by atoms with Crippen molar-refractivity contribution in [2.45, 2.75) is 18.7 Å². The molecule has 0 aliphatic rings. The smallest absolute Gasteiger partial charge is 0.326 e. The molecule has 5 aromatic rings.